The average molecular weight is 394 g/mol. The summed E-state index contributed by atoms with van der Waals surface area (Å²) in [5, 5.41) is 34.4. The molecule has 0 aliphatic rings. The first-order valence-electron chi connectivity index (χ1n) is 8.33. The van der Waals surface area contributed by atoms with Crippen molar-refractivity contribution in [3.63, 3.8) is 0 Å². The fourth-order valence-electron chi connectivity index (χ4n) is 2.81. The second kappa shape index (κ2) is 10.7. The minimum Gasteiger partial charge on any atom is -0.872 e. The average Bonchev–Trinajstić information content (AvgIpc) is 2.61. The van der Waals surface area contributed by atoms with Crippen LogP contribution in [0.2, 0.25) is 0 Å². The first-order chi connectivity index (χ1) is 12.3. The molecule has 0 saturated heterocycles. The number of carboxylic acids is 1. The Labute approximate surface area is 189 Å². The number of hydrogen-bond donors (Lipinski definition) is 1. The van der Waals surface area contributed by atoms with Crippen molar-refractivity contribution in [3.8, 4) is 11.5 Å². The van der Waals surface area contributed by atoms with Crippen molar-refractivity contribution in [2.45, 2.75) is 32.3 Å². The quantitative estimate of drug-likeness (QED) is 0.533. The van der Waals surface area contributed by atoms with Crippen LogP contribution in [-0.4, -0.2) is 62.0 Å². The second-order valence-corrected chi connectivity index (χ2v) is 6.26. The molecule has 2 aromatic carbocycles. The van der Waals surface area contributed by atoms with Crippen molar-refractivity contribution in [1.82, 2.24) is 0 Å². The normalized spacial score (nSPS) is 11.4. The van der Waals surface area contributed by atoms with Gasteiger partial charge in [-0.15, -0.1) is 0 Å². The third-order valence-corrected chi connectivity index (χ3v) is 4.34. The first kappa shape index (κ1) is 23.5. The maximum atomic E-state index is 12.7. The van der Waals surface area contributed by atoms with Crippen LogP contribution in [0.3, 0.4) is 0 Å². The summed E-state index contributed by atoms with van der Waals surface area (Å²) in [5.41, 5.74) is 1.63. The molecule has 0 aliphatic heterocycles. The Balaban J connectivity index is 0.00000364. The van der Waals surface area contributed by atoms with E-state index in [1.54, 1.807) is 13.0 Å². The Kier molecular flexibility index (Phi) is 9.33. The van der Waals surface area contributed by atoms with E-state index in [-0.39, 0.29) is 61.0 Å². The number of aromatic carboxylic acids is 1. The molecule has 2 aromatic rings. The van der Waals surface area contributed by atoms with Crippen LogP contribution in [0.4, 0.5) is 0 Å². The fourth-order valence-corrected chi connectivity index (χ4v) is 2.81. The fraction of sp³-hybridized carbons (Fsp3) is 0.286. The molecule has 27 heavy (non-hydrogen) atoms. The Morgan fingerprint density at radius 2 is 1.89 bits per heavy atom. The molecule has 0 bridgehead atoms. The number of aliphatic hydroxyl groups is 1. The van der Waals surface area contributed by atoms with Gasteiger partial charge in [0.25, 0.3) is 0 Å². The molecule has 0 amide bonds. The summed E-state index contributed by atoms with van der Waals surface area (Å²) in [4.78, 5) is 11.6. The van der Waals surface area contributed by atoms with Crippen LogP contribution in [0.1, 0.15) is 34.0 Å². The molecule has 0 radical (unpaired) electrons. The van der Waals surface area contributed by atoms with Crippen LogP contribution in [0.5, 0.6) is 11.5 Å². The predicted octanol–water partition coefficient (Wildman–Crippen LogP) is 1.02. The summed E-state index contributed by atoms with van der Waals surface area (Å²) in [6.45, 7) is 5.29. The SMILES string of the molecule is C=C(C)C(O)Cc1c(OC)cc(CCc2ccccc2)c(C(=O)[O-])c1[O-].[Ca+2]. The Hall–Kier alpha value is -1.53. The molecule has 1 unspecified atom stereocenters. The molecule has 0 heterocycles. The number of carbonyl (C=O) groups excluding carboxylic acids is 1. The smallest absolute Gasteiger partial charge is 0.872 e. The van der Waals surface area contributed by atoms with Crippen LogP contribution >= 0.6 is 0 Å². The minimum absolute atomic E-state index is 0. The number of methoxy groups -OCH3 is 1. The van der Waals surface area contributed by atoms with Gasteiger partial charge in [-0.3, -0.25) is 0 Å². The van der Waals surface area contributed by atoms with E-state index in [4.69, 9.17) is 4.74 Å². The van der Waals surface area contributed by atoms with Crippen molar-refractivity contribution >= 4 is 43.7 Å². The number of aliphatic hydroxyl groups excluding tert-OH is 1. The van der Waals surface area contributed by atoms with E-state index in [0.29, 0.717) is 24.0 Å². The van der Waals surface area contributed by atoms with E-state index < -0.39 is 17.8 Å². The number of ether oxygens (including phenoxy) is 1. The standard InChI is InChI=1S/C21H24O5.Ca/c1-13(2)17(22)12-16-18(26-3)11-15(19(20(16)23)21(24)25)10-9-14-7-5-4-6-8-14;/h4-8,11,17,22-23H,1,9-10,12H2,2-3H3,(H,24,25);/q;+2/p-2. The molecule has 0 aromatic heterocycles. The van der Waals surface area contributed by atoms with Crippen molar-refractivity contribution in [3.05, 3.63) is 70.8 Å². The summed E-state index contributed by atoms with van der Waals surface area (Å²) in [7, 11) is 1.41. The maximum absolute atomic E-state index is 12.7. The van der Waals surface area contributed by atoms with E-state index in [1.807, 2.05) is 30.3 Å². The molecule has 138 valence electrons. The van der Waals surface area contributed by atoms with Gasteiger partial charge in [-0.1, -0.05) is 48.2 Å². The van der Waals surface area contributed by atoms with Crippen molar-refractivity contribution < 1.29 is 24.9 Å². The zero-order valence-corrected chi connectivity index (χ0v) is 17.9. The summed E-state index contributed by atoms with van der Waals surface area (Å²) in [5.74, 6) is -1.93. The predicted molar refractivity (Wildman–Crippen MR) is 101 cm³/mol. The van der Waals surface area contributed by atoms with Crippen LogP contribution in [0, 0.1) is 0 Å². The molecule has 0 spiro atoms. The number of carboxylic acid groups (broad SMARTS) is 1. The van der Waals surface area contributed by atoms with Gasteiger partial charge in [0, 0.05) is 6.42 Å². The Morgan fingerprint density at radius 1 is 1.26 bits per heavy atom. The number of aryl methyl sites for hydroxylation is 2. The van der Waals surface area contributed by atoms with Gasteiger partial charge in [0.2, 0.25) is 0 Å². The summed E-state index contributed by atoms with van der Waals surface area (Å²) < 4.78 is 5.28. The topological polar surface area (TPSA) is 92.7 Å². The van der Waals surface area contributed by atoms with Gasteiger partial charge in [0.1, 0.15) is 5.75 Å². The van der Waals surface area contributed by atoms with E-state index in [1.165, 1.54) is 7.11 Å². The van der Waals surface area contributed by atoms with Crippen LogP contribution in [0.25, 0.3) is 0 Å². The number of hydrogen-bond acceptors (Lipinski definition) is 5. The molecular weight excluding hydrogens is 372 g/mol. The molecule has 1 N–H and O–H groups in total. The van der Waals surface area contributed by atoms with E-state index in [9.17, 15) is 20.1 Å². The molecule has 2 rings (SSSR count). The molecule has 5 nitrogen and oxygen atoms in total. The van der Waals surface area contributed by atoms with Gasteiger partial charge < -0.3 is 24.9 Å². The van der Waals surface area contributed by atoms with Gasteiger partial charge in [0.15, 0.2) is 0 Å². The van der Waals surface area contributed by atoms with Crippen LogP contribution in [-0.2, 0) is 19.3 Å². The van der Waals surface area contributed by atoms with Crippen LogP contribution < -0.4 is 14.9 Å². The monoisotopic (exact) mass is 394 g/mol. The molecule has 6 heteroatoms. The van der Waals surface area contributed by atoms with Crippen LogP contribution in [0.15, 0.2) is 48.6 Å². The third-order valence-electron chi connectivity index (χ3n) is 4.34. The Bertz CT molecular complexity index is 802. The van der Waals surface area contributed by atoms with E-state index in [0.717, 1.165) is 5.56 Å². The molecule has 0 saturated carbocycles. The van der Waals surface area contributed by atoms with Crippen molar-refractivity contribution in [2.75, 3.05) is 7.11 Å². The number of benzene rings is 2. The molecule has 0 fully saturated rings. The van der Waals surface area contributed by atoms with Crippen molar-refractivity contribution in [1.29, 1.82) is 0 Å². The molecular formula is C21H22CaO5. The molecule has 0 aliphatic carbocycles. The first-order valence-corrected chi connectivity index (χ1v) is 8.33. The van der Waals surface area contributed by atoms with Gasteiger partial charge in [0.05, 0.1) is 19.2 Å². The zero-order chi connectivity index (χ0) is 19.3. The zero-order valence-electron chi connectivity index (χ0n) is 15.7. The van der Waals surface area contributed by atoms with Crippen molar-refractivity contribution in [2.24, 2.45) is 0 Å². The minimum atomic E-state index is -1.52. The van der Waals surface area contributed by atoms with E-state index in [2.05, 4.69) is 6.58 Å². The number of rotatable bonds is 8. The third kappa shape index (κ3) is 5.98. The summed E-state index contributed by atoms with van der Waals surface area (Å²) in [6, 6.07) is 11.1. The van der Waals surface area contributed by atoms with Gasteiger partial charge in [-0.05, 0) is 48.1 Å². The van der Waals surface area contributed by atoms with Gasteiger partial charge in [-0.25, -0.2) is 0 Å². The summed E-state index contributed by atoms with van der Waals surface area (Å²) in [6.07, 6.45) is -0.0719. The van der Waals surface area contributed by atoms with Gasteiger partial charge >= 0.3 is 37.7 Å². The maximum Gasteiger partial charge on any atom is 2.00 e. The Morgan fingerprint density at radius 3 is 2.41 bits per heavy atom. The summed E-state index contributed by atoms with van der Waals surface area (Å²) >= 11 is 0. The largest absolute Gasteiger partial charge is 2.00 e. The molecule has 1 atom stereocenters. The number of carbonyl (C=O) groups is 1. The van der Waals surface area contributed by atoms with E-state index >= 15 is 0 Å². The second-order valence-electron chi connectivity index (χ2n) is 6.26. The van der Waals surface area contributed by atoms with Gasteiger partial charge in [-0.2, -0.15) is 0 Å².